The summed E-state index contributed by atoms with van der Waals surface area (Å²) in [5, 5.41) is 3.41. The standard InChI is InChI=1S/C16H24N2O2S.ClH/c19-21(20,12-13-5-1-2-6-13)18-11-16-15-8-4-3-7-14(15)9-10-17-16;/h3-4,7-8,13,16-18H,1-2,5-6,9-12H2;1H. The molecule has 0 amide bonds. The molecule has 2 aliphatic rings. The van der Waals surface area contributed by atoms with Crippen molar-refractivity contribution in [2.75, 3.05) is 18.8 Å². The molecule has 22 heavy (non-hydrogen) atoms. The first kappa shape index (κ1) is 17.7. The van der Waals surface area contributed by atoms with Crippen molar-refractivity contribution in [3.8, 4) is 0 Å². The SMILES string of the molecule is Cl.O=S(=O)(CC1CCCC1)NCC1NCCc2ccccc21. The van der Waals surface area contributed by atoms with Crippen molar-refractivity contribution in [3.05, 3.63) is 35.4 Å². The monoisotopic (exact) mass is 344 g/mol. The van der Waals surface area contributed by atoms with E-state index in [9.17, 15) is 8.42 Å². The molecule has 1 fully saturated rings. The van der Waals surface area contributed by atoms with Crippen molar-refractivity contribution < 1.29 is 8.42 Å². The Hall–Kier alpha value is -0.620. The Kier molecular flexibility index (Phi) is 6.26. The summed E-state index contributed by atoms with van der Waals surface area (Å²) in [6, 6.07) is 8.39. The van der Waals surface area contributed by atoms with E-state index in [0.29, 0.717) is 18.2 Å². The summed E-state index contributed by atoms with van der Waals surface area (Å²) >= 11 is 0. The Labute approximate surface area is 139 Å². The van der Waals surface area contributed by atoms with E-state index in [1.54, 1.807) is 0 Å². The molecule has 1 unspecified atom stereocenters. The second kappa shape index (κ2) is 7.77. The largest absolute Gasteiger partial charge is 0.308 e. The van der Waals surface area contributed by atoms with Crippen molar-refractivity contribution in [1.29, 1.82) is 0 Å². The smallest absolute Gasteiger partial charge is 0.211 e. The van der Waals surface area contributed by atoms with Crippen LogP contribution in [0.15, 0.2) is 24.3 Å². The third-order valence-electron chi connectivity index (χ3n) is 4.65. The summed E-state index contributed by atoms with van der Waals surface area (Å²) in [4.78, 5) is 0. The van der Waals surface area contributed by atoms with Gasteiger partial charge < -0.3 is 5.32 Å². The average molecular weight is 345 g/mol. The van der Waals surface area contributed by atoms with Crippen LogP contribution in [0.25, 0.3) is 0 Å². The Morgan fingerprint density at radius 1 is 1.18 bits per heavy atom. The van der Waals surface area contributed by atoms with Gasteiger partial charge in [-0.15, -0.1) is 12.4 Å². The number of hydrogen-bond acceptors (Lipinski definition) is 3. The predicted octanol–water partition coefficient (Wildman–Crippen LogP) is 2.40. The molecule has 1 atom stereocenters. The normalized spacial score (nSPS) is 22.1. The number of sulfonamides is 1. The molecule has 4 nitrogen and oxygen atoms in total. The van der Waals surface area contributed by atoms with Gasteiger partial charge in [0.1, 0.15) is 0 Å². The number of benzene rings is 1. The molecule has 124 valence electrons. The van der Waals surface area contributed by atoms with Crippen molar-refractivity contribution in [2.45, 2.75) is 38.1 Å². The first-order chi connectivity index (χ1) is 10.1. The molecule has 0 bridgehead atoms. The third-order valence-corrected chi connectivity index (χ3v) is 6.17. The van der Waals surface area contributed by atoms with Gasteiger partial charge in [0.05, 0.1) is 5.75 Å². The van der Waals surface area contributed by atoms with Gasteiger partial charge in [0.15, 0.2) is 0 Å². The molecule has 0 radical (unpaired) electrons. The highest BCUT2D eigenvalue weighted by Gasteiger charge is 2.25. The van der Waals surface area contributed by atoms with Crippen molar-refractivity contribution >= 4 is 22.4 Å². The lowest BCUT2D eigenvalue weighted by Crippen LogP contribution is -2.40. The topological polar surface area (TPSA) is 58.2 Å². The third kappa shape index (κ3) is 4.44. The second-order valence-corrected chi connectivity index (χ2v) is 8.09. The highest BCUT2D eigenvalue weighted by Crippen LogP contribution is 2.26. The molecular weight excluding hydrogens is 320 g/mol. The van der Waals surface area contributed by atoms with E-state index in [-0.39, 0.29) is 18.4 Å². The maximum absolute atomic E-state index is 12.2. The van der Waals surface area contributed by atoms with Gasteiger partial charge in [-0.1, -0.05) is 37.1 Å². The van der Waals surface area contributed by atoms with Gasteiger partial charge in [0, 0.05) is 12.6 Å². The van der Waals surface area contributed by atoms with Crippen LogP contribution in [0.3, 0.4) is 0 Å². The van der Waals surface area contributed by atoms with Gasteiger partial charge >= 0.3 is 0 Å². The lowest BCUT2D eigenvalue weighted by atomic mass is 9.95. The van der Waals surface area contributed by atoms with Crippen LogP contribution < -0.4 is 10.0 Å². The van der Waals surface area contributed by atoms with E-state index in [1.807, 2.05) is 12.1 Å². The molecule has 0 spiro atoms. The summed E-state index contributed by atoms with van der Waals surface area (Å²) < 4.78 is 27.2. The van der Waals surface area contributed by atoms with Crippen molar-refractivity contribution in [3.63, 3.8) is 0 Å². The zero-order chi connectivity index (χ0) is 14.7. The molecule has 1 aliphatic heterocycles. The van der Waals surface area contributed by atoms with Gasteiger partial charge in [-0.25, -0.2) is 13.1 Å². The molecule has 1 aromatic carbocycles. The Morgan fingerprint density at radius 3 is 2.68 bits per heavy atom. The molecule has 2 N–H and O–H groups in total. The Morgan fingerprint density at radius 2 is 1.91 bits per heavy atom. The van der Waals surface area contributed by atoms with Gasteiger partial charge in [-0.2, -0.15) is 0 Å². The zero-order valence-electron chi connectivity index (χ0n) is 12.8. The number of rotatable bonds is 5. The zero-order valence-corrected chi connectivity index (χ0v) is 14.4. The number of nitrogens with one attached hydrogen (secondary N) is 2. The van der Waals surface area contributed by atoms with E-state index in [0.717, 1.165) is 25.8 Å². The van der Waals surface area contributed by atoms with Crippen LogP contribution in [-0.4, -0.2) is 27.3 Å². The minimum absolute atomic E-state index is 0. The first-order valence-electron chi connectivity index (χ1n) is 7.92. The van der Waals surface area contributed by atoms with Crippen LogP contribution in [0.5, 0.6) is 0 Å². The number of hydrogen-bond donors (Lipinski definition) is 2. The minimum atomic E-state index is -3.16. The molecular formula is C16H25ClN2O2S. The summed E-state index contributed by atoms with van der Waals surface area (Å²) in [6.07, 6.45) is 5.49. The van der Waals surface area contributed by atoms with Crippen LogP contribution in [-0.2, 0) is 16.4 Å². The van der Waals surface area contributed by atoms with Gasteiger partial charge in [-0.05, 0) is 42.9 Å². The summed E-state index contributed by atoms with van der Waals surface area (Å²) in [5.41, 5.74) is 2.56. The molecule has 6 heteroatoms. The Balaban J connectivity index is 0.00000176. The van der Waals surface area contributed by atoms with Crippen LogP contribution in [0.4, 0.5) is 0 Å². The lowest BCUT2D eigenvalue weighted by molar-refractivity contribution is 0.487. The summed E-state index contributed by atoms with van der Waals surface area (Å²) in [6.45, 7) is 1.36. The highest BCUT2D eigenvalue weighted by atomic mass is 35.5. The van der Waals surface area contributed by atoms with E-state index >= 15 is 0 Å². The maximum Gasteiger partial charge on any atom is 0.211 e. The quantitative estimate of drug-likeness (QED) is 0.862. The fraction of sp³-hybridized carbons (Fsp3) is 0.625. The van der Waals surface area contributed by atoms with Crippen molar-refractivity contribution in [1.82, 2.24) is 10.0 Å². The fourth-order valence-electron chi connectivity index (χ4n) is 3.53. The average Bonchev–Trinajstić information content (AvgIpc) is 2.97. The second-order valence-electron chi connectivity index (χ2n) is 6.24. The van der Waals surface area contributed by atoms with E-state index in [4.69, 9.17) is 0 Å². The van der Waals surface area contributed by atoms with E-state index in [2.05, 4.69) is 22.2 Å². The fourth-order valence-corrected chi connectivity index (χ4v) is 5.02. The summed E-state index contributed by atoms with van der Waals surface area (Å²) in [5.74, 6) is 0.649. The molecule has 1 saturated carbocycles. The van der Waals surface area contributed by atoms with Crippen LogP contribution in [0.2, 0.25) is 0 Å². The van der Waals surface area contributed by atoms with Gasteiger partial charge in [0.2, 0.25) is 10.0 Å². The van der Waals surface area contributed by atoms with Crippen LogP contribution in [0, 0.1) is 5.92 Å². The highest BCUT2D eigenvalue weighted by molar-refractivity contribution is 7.89. The minimum Gasteiger partial charge on any atom is -0.308 e. The van der Waals surface area contributed by atoms with Gasteiger partial charge in [0.25, 0.3) is 0 Å². The molecule has 1 aliphatic carbocycles. The Bertz CT molecular complexity index is 586. The molecule has 3 rings (SSSR count). The van der Waals surface area contributed by atoms with Crippen molar-refractivity contribution in [2.24, 2.45) is 5.92 Å². The van der Waals surface area contributed by atoms with E-state index in [1.165, 1.54) is 24.0 Å². The predicted molar refractivity (Wildman–Crippen MR) is 91.9 cm³/mol. The van der Waals surface area contributed by atoms with Gasteiger partial charge in [-0.3, -0.25) is 0 Å². The summed E-state index contributed by atoms with van der Waals surface area (Å²) in [7, 11) is -3.16. The molecule has 1 heterocycles. The van der Waals surface area contributed by atoms with E-state index < -0.39 is 10.0 Å². The lowest BCUT2D eigenvalue weighted by Gasteiger charge is -2.27. The molecule has 0 aromatic heterocycles. The first-order valence-corrected chi connectivity index (χ1v) is 9.58. The molecule has 0 saturated heterocycles. The number of fused-ring (bicyclic) bond motifs is 1. The number of halogens is 1. The van der Waals surface area contributed by atoms with Crippen LogP contribution in [0.1, 0.15) is 42.9 Å². The maximum atomic E-state index is 12.2. The van der Waals surface area contributed by atoms with Crippen LogP contribution >= 0.6 is 12.4 Å². The molecule has 1 aromatic rings.